The second-order valence-corrected chi connectivity index (χ2v) is 16.8. The van der Waals surface area contributed by atoms with Crippen molar-refractivity contribution in [1.29, 1.82) is 0 Å². The number of aliphatic hydroxyl groups is 7. The highest BCUT2D eigenvalue weighted by Crippen LogP contribution is 2.47. The van der Waals surface area contributed by atoms with Gasteiger partial charge in [-0.1, -0.05) is 147 Å². The summed E-state index contributed by atoms with van der Waals surface area (Å²) in [4.78, 5) is 23.3. The smallest absolute Gasteiger partial charge is 0.393 e. The minimum absolute atomic E-state index is 0.254. The number of unbranched alkanes of at least 4 members (excludes halogenated alkanes) is 17. The number of allylic oxidation sites excluding steroid dienone is 5. The van der Waals surface area contributed by atoms with E-state index in [1.165, 1.54) is 83.1 Å². The van der Waals surface area contributed by atoms with Crippen LogP contribution in [0.25, 0.3) is 0 Å². The Labute approximate surface area is 336 Å². The number of amides is 1. The van der Waals surface area contributed by atoms with Crippen molar-refractivity contribution in [3.05, 3.63) is 36.5 Å². The van der Waals surface area contributed by atoms with E-state index in [-0.39, 0.29) is 6.42 Å². The summed E-state index contributed by atoms with van der Waals surface area (Å²) >= 11 is 0. The number of carbonyl (C=O) groups is 1. The monoisotopic (exact) mass is 820 g/mol. The van der Waals surface area contributed by atoms with Crippen molar-refractivity contribution in [1.82, 2.24) is 5.32 Å². The Kier molecular flexibility index (Phi) is 30.4. The molecule has 14 heteroatoms. The lowest BCUT2D eigenvalue weighted by Crippen LogP contribution is -2.64. The molecule has 0 aromatic rings. The van der Waals surface area contributed by atoms with Crippen LogP contribution in [-0.2, 0) is 18.4 Å². The summed E-state index contributed by atoms with van der Waals surface area (Å²) in [6.07, 6.45) is 21.0. The predicted molar refractivity (Wildman–Crippen MR) is 220 cm³/mol. The van der Waals surface area contributed by atoms with Crippen LogP contribution in [-0.4, -0.2) is 108 Å². The molecule has 0 spiro atoms. The van der Waals surface area contributed by atoms with Crippen LogP contribution in [0.2, 0.25) is 0 Å². The van der Waals surface area contributed by atoms with Gasteiger partial charge >= 0.3 is 7.82 Å². The first-order valence-corrected chi connectivity index (χ1v) is 23.0. The van der Waals surface area contributed by atoms with E-state index in [0.29, 0.717) is 19.3 Å². The first kappa shape index (κ1) is 52.5. The van der Waals surface area contributed by atoms with Crippen LogP contribution in [0.15, 0.2) is 36.5 Å². The minimum Gasteiger partial charge on any atom is -0.393 e. The zero-order chi connectivity index (χ0) is 41.6. The zero-order valence-corrected chi connectivity index (χ0v) is 35.2. The normalized spacial score (nSPS) is 24.5. The minimum atomic E-state index is -5.15. The van der Waals surface area contributed by atoms with E-state index in [4.69, 9.17) is 9.05 Å². The average Bonchev–Trinajstić information content (AvgIpc) is 3.17. The fraction of sp³-hybridized carbons (Fsp3) is 0.833. The van der Waals surface area contributed by atoms with Crippen LogP contribution in [0.3, 0.4) is 0 Å². The van der Waals surface area contributed by atoms with Gasteiger partial charge < -0.3 is 46.0 Å². The summed E-state index contributed by atoms with van der Waals surface area (Å²) in [5.41, 5.74) is 0. The third-order valence-electron chi connectivity index (χ3n) is 10.2. The topological polar surface area (TPSA) is 226 Å². The van der Waals surface area contributed by atoms with Crippen molar-refractivity contribution in [2.45, 2.75) is 216 Å². The van der Waals surface area contributed by atoms with Crippen LogP contribution < -0.4 is 5.32 Å². The highest BCUT2D eigenvalue weighted by molar-refractivity contribution is 7.47. The lowest BCUT2D eigenvalue weighted by Gasteiger charge is -2.41. The molecule has 328 valence electrons. The molecule has 1 amide bonds. The van der Waals surface area contributed by atoms with E-state index in [1.807, 2.05) is 6.08 Å². The number of phosphoric acid groups is 1. The van der Waals surface area contributed by atoms with E-state index in [2.05, 4.69) is 37.4 Å². The quantitative estimate of drug-likeness (QED) is 0.0201. The SMILES string of the molecule is CCCCC/C=C/CC/C=C/CC/C=C/C(O)C(COP(=O)(O)OC1C(O)C(O)C(O)C(O)C1O)NC(=O)CC(O)CCCCCCCCCCCCCCC. The largest absolute Gasteiger partial charge is 0.472 e. The number of phosphoric ester groups is 1. The number of hydrogen-bond acceptors (Lipinski definition) is 11. The second-order valence-electron chi connectivity index (χ2n) is 15.4. The molecule has 56 heavy (non-hydrogen) atoms. The molecule has 0 heterocycles. The molecule has 0 radical (unpaired) electrons. The maximum absolute atomic E-state index is 12.9. The maximum atomic E-state index is 12.9. The van der Waals surface area contributed by atoms with Gasteiger partial charge in [0.25, 0.3) is 0 Å². The average molecular weight is 820 g/mol. The fourth-order valence-electron chi connectivity index (χ4n) is 6.62. The summed E-state index contributed by atoms with van der Waals surface area (Å²) in [5, 5.41) is 74.2. The molecular weight excluding hydrogens is 741 g/mol. The molecule has 1 fully saturated rings. The molecule has 0 aromatic carbocycles. The Morgan fingerprint density at radius 2 is 1.05 bits per heavy atom. The van der Waals surface area contributed by atoms with E-state index in [0.717, 1.165) is 44.9 Å². The standard InChI is InChI=1S/C42H78NO12P/c1-3-5-7-9-11-13-15-17-19-21-23-25-27-29-33(44)31-36(46)43-34(35(45)30-28-26-24-22-20-18-16-14-12-10-8-6-4-2)32-54-56(52,53)55-42-40(50)38(48)37(47)39(49)41(42)51/h12,14,20,22,28,30,33-35,37-42,44-45,47-51H,3-11,13,15-19,21,23-27,29,31-32H2,1-2H3,(H,43,46)(H,52,53)/b14-12+,22-20+,30-28+. The Balaban J connectivity index is 2.64. The molecule has 8 atom stereocenters. The number of carbonyl (C=O) groups excluding carboxylic acids is 1. The molecule has 0 aliphatic heterocycles. The lowest BCUT2D eigenvalue weighted by molar-refractivity contribution is -0.220. The van der Waals surface area contributed by atoms with Gasteiger partial charge in [0.2, 0.25) is 5.91 Å². The lowest BCUT2D eigenvalue weighted by atomic mass is 9.85. The second kappa shape index (κ2) is 32.4. The van der Waals surface area contributed by atoms with Gasteiger partial charge in [-0.25, -0.2) is 4.57 Å². The number of aliphatic hydroxyl groups excluding tert-OH is 7. The molecule has 1 saturated carbocycles. The highest BCUT2D eigenvalue weighted by atomic mass is 31.2. The van der Waals surface area contributed by atoms with Crippen LogP contribution in [0.5, 0.6) is 0 Å². The van der Waals surface area contributed by atoms with Crippen LogP contribution >= 0.6 is 7.82 Å². The van der Waals surface area contributed by atoms with Crippen molar-refractivity contribution in [3.63, 3.8) is 0 Å². The third kappa shape index (κ3) is 24.4. The summed E-state index contributed by atoms with van der Waals surface area (Å²) in [6.45, 7) is 3.66. The molecule has 1 aliphatic rings. The van der Waals surface area contributed by atoms with Crippen molar-refractivity contribution in [3.8, 4) is 0 Å². The molecule has 13 nitrogen and oxygen atoms in total. The summed E-state index contributed by atoms with van der Waals surface area (Å²) in [7, 11) is -5.15. The molecule has 0 bridgehead atoms. The summed E-state index contributed by atoms with van der Waals surface area (Å²) in [6, 6.07) is -1.26. The van der Waals surface area contributed by atoms with E-state index < -0.39 is 75.2 Å². The number of nitrogens with one attached hydrogen (secondary N) is 1. The van der Waals surface area contributed by atoms with Gasteiger partial charge in [-0.05, 0) is 44.9 Å². The van der Waals surface area contributed by atoms with Gasteiger partial charge in [0.15, 0.2) is 0 Å². The van der Waals surface area contributed by atoms with Gasteiger partial charge in [-0.3, -0.25) is 13.8 Å². The molecular formula is C42H78NO12P. The zero-order valence-electron chi connectivity index (χ0n) is 34.3. The first-order valence-electron chi connectivity index (χ1n) is 21.5. The van der Waals surface area contributed by atoms with E-state index >= 15 is 0 Å². The van der Waals surface area contributed by atoms with Crippen LogP contribution in [0, 0.1) is 0 Å². The van der Waals surface area contributed by atoms with Crippen molar-refractivity contribution < 1.29 is 59.0 Å². The number of rotatable bonds is 34. The van der Waals surface area contributed by atoms with Gasteiger partial charge in [0, 0.05) is 0 Å². The Hall–Kier alpha value is -1.48. The molecule has 0 saturated heterocycles. The van der Waals surface area contributed by atoms with Gasteiger partial charge in [-0.15, -0.1) is 0 Å². The predicted octanol–water partition coefficient (Wildman–Crippen LogP) is 6.19. The van der Waals surface area contributed by atoms with Gasteiger partial charge in [0.1, 0.15) is 36.6 Å². The van der Waals surface area contributed by atoms with Gasteiger partial charge in [-0.2, -0.15) is 0 Å². The molecule has 9 N–H and O–H groups in total. The summed E-state index contributed by atoms with van der Waals surface area (Å²) in [5.74, 6) is -0.609. The Bertz CT molecular complexity index is 1110. The van der Waals surface area contributed by atoms with Crippen molar-refractivity contribution in [2.75, 3.05) is 6.61 Å². The van der Waals surface area contributed by atoms with E-state index in [9.17, 15) is 50.0 Å². The Morgan fingerprint density at radius 3 is 1.57 bits per heavy atom. The molecule has 0 aromatic heterocycles. The van der Waals surface area contributed by atoms with Crippen molar-refractivity contribution in [2.24, 2.45) is 0 Å². The Morgan fingerprint density at radius 1 is 0.625 bits per heavy atom. The third-order valence-corrected chi connectivity index (χ3v) is 11.2. The molecule has 1 aliphatic carbocycles. The fourth-order valence-corrected chi connectivity index (χ4v) is 7.59. The number of hydrogen-bond donors (Lipinski definition) is 9. The van der Waals surface area contributed by atoms with Crippen LogP contribution in [0.4, 0.5) is 0 Å². The molecule has 1 rings (SSSR count). The van der Waals surface area contributed by atoms with Gasteiger partial charge in [0.05, 0.1) is 31.3 Å². The van der Waals surface area contributed by atoms with E-state index in [1.54, 1.807) is 6.08 Å². The first-order chi connectivity index (χ1) is 26.8. The van der Waals surface area contributed by atoms with Crippen LogP contribution in [0.1, 0.15) is 162 Å². The summed E-state index contributed by atoms with van der Waals surface area (Å²) < 4.78 is 22.8. The maximum Gasteiger partial charge on any atom is 0.472 e. The van der Waals surface area contributed by atoms with Crippen molar-refractivity contribution >= 4 is 13.7 Å². The molecule has 8 unspecified atom stereocenters. The highest BCUT2D eigenvalue weighted by Gasteiger charge is 2.51.